The van der Waals surface area contributed by atoms with Crippen LogP contribution in [0.1, 0.15) is 30.1 Å². The maximum Gasteiger partial charge on any atom is 0.152 e. The third-order valence-electron chi connectivity index (χ3n) is 3.83. The first-order valence-corrected chi connectivity index (χ1v) is 7.25. The smallest absolute Gasteiger partial charge is 0.152 e. The van der Waals surface area contributed by atoms with Gasteiger partial charge in [0.2, 0.25) is 0 Å². The minimum absolute atomic E-state index is 0.426. The van der Waals surface area contributed by atoms with Gasteiger partial charge in [-0.05, 0) is 32.3 Å². The van der Waals surface area contributed by atoms with Crippen molar-refractivity contribution in [3.8, 4) is 6.07 Å². The highest BCUT2D eigenvalue weighted by atomic mass is 15.4. The zero-order valence-electron chi connectivity index (χ0n) is 12.4. The first-order valence-electron chi connectivity index (χ1n) is 7.25. The Kier molecular flexibility index (Phi) is 3.48. The molecule has 1 atom stereocenters. The standard InChI is InChI=1S/C16H19N5/c1-12-18-13(2)21(20-12)11-16(10-17,19-15-8-9-15)14-6-4-3-5-7-14/h3-7,15,19H,8-9,11H2,1-2H3. The normalized spacial score (nSPS) is 17.2. The molecule has 2 aromatic rings. The summed E-state index contributed by atoms with van der Waals surface area (Å²) < 4.78 is 1.82. The highest BCUT2D eigenvalue weighted by Gasteiger charge is 2.39. The van der Waals surface area contributed by atoms with Crippen LogP contribution in [-0.2, 0) is 12.1 Å². The predicted octanol–water partition coefficient (Wildman–Crippen LogP) is 2.07. The van der Waals surface area contributed by atoms with Crippen LogP contribution >= 0.6 is 0 Å². The average Bonchev–Trinajstić information content (AvgIpc) is 3.24. The van der Waals surface area contributed by atoms with Gasteiger partial charge in [0.05, 0.1) is 12.6 Å². The van der Waals surface area contributed by atoms with Crippen molar-refractivity contribution < 1.29 is 0 Å². The monoisotopic (exact) mass is 281 g/mol. The first-order chi connectivity index (χ1) is 10.1. The second-order valence-electron chi connectivity index (χ2n) is 5.67. The average molecular weight is 281 g/mol. The lowest BCUT2D eigenvalue weighted by molar-refractivity contribution is 0.343. The van der Waals surface area contributed by atoms with Crippen molar-refractivity contribution >= 4 is 0 Å². The van der Waals surface area contributed by atoms with E-state index in [-0.39, 0.29) is 0 Å². The molecule has 1 heterocycles. The molecule has 0 bridgehead atoms. The molecule has 21 heavy (non-hydrogen) atoms. The Balaban J connectivity index is 1.99. The van der Waals surface area contributed by atoms with Crippen molar-refractivity contribution in [3.05, 3.63) is 47.5 Å². The van der Waals surface area contributed by atoms with Crippen LogP contribution in [0.4, 0.5) is 0 Å². The summed E-state index contributed by atoms with van der Waals surface area (Å²) in [7, 11) is 0. The van der Waals surface area contributed by atoms with E-state index in [9.17, 15) is 5.26 Å². The molecule has 1 unspecified atom stereocenters. The van der Waals surface area contributed by atoms with Crippen molar-refractivity contribution in [3.63, 3.8) is 0 Å². The third-order valence-corrected chi connectivity index (χ3v) is 3.83. The van der Waals surface area contributed by atoms with Crippen LogP contribution in [-0.4, -0.2) is 20.8 Å². The van der Waals surface area contributed by atoms with Gasteiger partial charge in [0.1, 0.15) is 11.6 Å². The van der Waals surface area contributed by atoms with Crippen molar-refractivity contribution in [2.75, 3.05) is 0 Å². The molecule has 5 nitrogen and oxygen atoms in total. The van der Waals surface area contributed by atoms with Gasteiger partial charge in [-0.25, -0.2) is 9.67 Å². The summed E-state index contributed by atoms with van der Waals surface area (Å²) in [6.07, 6.45) is 2.26. The molecule has 1 aromatic heterocycles. The summed E-state index contributed by atoms with van der Waals surface area (Å²) in [5, 5.41) is 17.8. The first kappa shape index (κ1) is 13.8. The molecule has 1 N–H and O–H groups in total. The maximum atomic E-state index is 9.89. The van der Waals surface area contributed by atoms with Crippen molar-refractivity contribution in [2.24, 2.45) is 0 Å². The molecule has 1 aromatic carbocycles. The second-order valence-corrected chi connectivity index (χ2v) is 5.67. The van der Waals surface area contributed by atoms with Gasteiger partial charge in [-0.3, -0.25) is 5.32 Å². The predicted molar refractivity (Wildman–Crippen MR) is 79.4 cm³/mol. The summed E-state index contributed by atoms with van der Waals surface area (Å²) in [6, 6.07) is 12.8. The van der Waals surface area contributed by atoms with E-state index in [0.717, 1.165) is 30.1 Å². The van der Waals surface area contributed by atoms with Crippen molar-refractivity contribution in [1.29, 1.82) is 5.26 Å². The number of aryl methyl sites for hydroxylation is 2. The Bertz CT molecular complexity index is 666. The summed E-state index contributed by atoms with van der Waals surface area (Å²) >= 11 is 0. The molecule has 3 rings (SSSR count). The molecule has 0 aliphatic heterocycles. The molecule has 5 heteroatoms. The Morgan fingerprint density at radius 3 is 2.57 bits per heavy atom. The SMILES string of the molecule is Cc1nc(C)n(CC(C#N)(NC2CC2)c2ccccc2)n1. The number of benzene rings is 1. The van der Waals surface area contributed by atoms with Crippen molar-refractivity contribution in [2.45, 2.75) is 44.8 Å². The minimum atomic E-state index is -0.757. The number of nitrogens with one attached hydrogen (secondary N) is 1. The molecule has 0 spiro atoms. The quantitative estimate of drug-likeness (QED) is 0.911. The van der Waals surface area contributed by atoms with Crippen LogP contribution in [0.3, 0.4) is 0 Å². The van der Waals surface area contributed by atoms with Crippen LogP contribution < -0.4 is 5.32 Å². The fourth-order valence-electron chi connectivity index (χ4n) is 2.59. The molecule has 1 aliphatic carbocycles. The zero-order chi connectivity index (χ0) is 14.9. The number of aromatic nitrogens is 3. The van der Waals surface area contributed by atoms with Gasteiger partial charge in [0.15, 0.2) is 5.54 Å². The summed E-state index contributed by atoms with van der Waals surface area (Å²) in [4.78, 5) is 4.33. The van der Waals surface area contributed by atoms with E-state index in [1.807, 2.05) is 48.9 Å². The van der Waals surface area contributed by atoms with E-state index in [1.165, 1.54) is 0 Å². The number of hydrogen-bond donors (Lipinski definition) is 1. The molecule has 0 radical (unpaired) electrons. The number of nitrogens with zero attached hydrogens (tertiary/aromatic N) is 4. The van der Waals surface area contributed by atoms with Gasteiger partial charge in [0, 0.05) is 6.04 Å². The highest BCUT2D eigenvalue weighted by molar-refractivity contribution is 5.32. The van der Waals surface area contributed by atoms with E-state index in [0.29, 0.717) is 12.6 Å². The number of nitriles is 1. The molecule has 108 valence electrons. The summed E-state index contributed by atoms with van der Waals surface area (Å²) in [6.45, 7) is 4.26. The Morgan fingerprint density at radius 1 is 1.33 bits per heavy atom. The Labute approximate surface area is 124 Å². The molecule has 1 aliphatic rings. The lowest BCUT2D eigenvalue weighted by Crippen LogP contribution is -2.46. The fraction of sp³-hybridized carbons (Fsp3) is 0.438. The van der Waals surface area contributed by atoms with Crippen LogP contribution in [0, 0.1) is 25.2 Å². The van der Waals surface area contributed by atoms with Crippen molar-refractivity contribution in [1.82, 2.24) is 20.1 Å². The highest BCUT2D eigenvalue weighted by Crippen LogP contribution is 2.30. The fourth-order valence-corrected chi connectivity index (χ4v) is 2.59. The van der Waals surface area contributed by atoms with Gasteiger partial charge in [-0.1, -0.05) is 30.3 Å². The van der Waals surface area contributed by atoms with Crippen LogP contribution in [0.5, 0.6) is 0 Å². The van der Waals surface area contributed by atoms with E-state index in [1.54, 1.807) is 0 Å². The second kappa shape index (κ2) is 5.30. The number of hydrogen-bond acceptors (Lipinski definition) is 4. The molecule has 0 saturated heterocycles. The maximum absolute atomic E-state index is 9.89. The largest absolute Gasteiger partial charge is 0.291 e. The Morgan fingerprint density at radius 2 is 2.05 bits per heavy atom. The number of rotatable bonds is 5. The van der Waals surface area contributed by atoms with Gasteiger partial charge >= 0.3 is 0 Å². The molecule has 1 saturated carbocycles. The lowest BCUT2D eigenvalue weighted by Gasteiger charge is -2.29. The van der Waals surface area contributed by atoms with Gasteiger partial charge < -0.3 is 0 Å². The summed E-state index contributed by atoms with van der Waals surface area (Å²) in [5.41, 5.74) is 0.222. The molecular formula is C16H19N5. The molecular weight excluding hydrogens is 262 g/mol. The van der Waals surface area contributed by atoms with E-state index >= 15 is 0 Å². The van der Waals surface area contributed by atoms with Gasteiger partial charge in [-0.15, -0.1) is 0 Å². The van der Waals surface area contributed by atoms with E-state index < -0.39 is 5.54 Å². The molecule has 0 amide bonds. The molecule has 1 fully saturated rings. The Hall–Kier alpha value is -2.19. The van der Waals surface area contributed by atoms with Crippen LogP contribution in [0.2, 0.25) is 0 Å². The summed E-state index contributed by atoms with van der Waals surface area (Å²) in [5.74, 6) is 1.57. The van der Waals surface area contributed by atoms with Crippen LogP contribution in [0.25, 0.3) is 0 Å². The van der Waals surface area contributed by atoms with E-state index in [4.69, 9.17) is 0 Å². The van der Waals surface area contributed by atoms with Gasteiger partial charge in [0.25, 0.3) is 0 Å². The lowest BCUT2D eigenvalue weighted by atomic mass is 9.91. The zero-order valence-corrected chi connectivity index (χ0v) is 12.4. The van der Waals surface area contributed by atoms with E-state index in [2.05, 4.69) is 21.5 Å². The minimum Gasteiger partial charge on any atom is -0.291 e. The topological polar surface area (TPSA) is 66.5 Å². The van der Waals surface area contributed by atoms with Crippen LogP contribution in [0.15, 0.2) is 30.3 Å². The van der Waals surface area contributed by atoms with Gasteiger partial charge in [-0.2, -0.15) is 10.4 Å². The third kappa shape index (κ3) is 2.81.